The molecule has 0 spiro atoms. The van der Waals surface area contributed by atoms with Crippen LogP contribution in [0.3, 0.4) is 0 Å². The third-order valence-corrected chi connectivity index (χ3v) is 4.91. The van der Waals surface area contributed by atoms with Crippen LogP contribution in [0.2, 0.25) is 0 Å². The summed E-state index contributed by atoms with van der Waals surface area (Å²) in [5, 5.41) is 13.9. The number of benzene rings is 2. The number of amides is 2. The van der Waals surface area contributed by atoms with Gasteiger partial charge in [-0.15, -0.1) is 10.2 Å². The van der Waals surface area contributed by atoms with Gasteiger partial charge in [-0.25, -0.2) is 4.68 Å². The molecule has 0 aliphatic rings. The zero-order valence-corrected chi connectivity index (χ0v) is 16.3. The number of nitrogen functional groups attached to an aromatic ring is 1. The van der Waals surface area contributed by atoms with Gasteiger partial charge < -0.3 is 16.5 Å². The maximum atomic E-state index is 12.2. The topological polar surface area (TPSA) is 115 Å². The maximum Gasteiger partial charge on any atom is 0.251 e. The van der Waals surface area contributed by atoms with Crippen molar-refractivity contribution < 1.29 is 9.59 Å². The minimum absolute atomic E-state index is 0.125. The molecule has 28 heavy (non-hydrogen) atoms. The predicted octanol–water partition coefficient (Wildman–Crippen LogP) is 2.06. The summed E-state index contributed by atoms with van der Waals surface area (Å²) in [7, 11) is 1.57. The molecule has 0 radical (unpaired) electrons. The molecule has 0 saturated carbocycles. The van der Waals surface area contributed by atoms with Crippen LogP contribution in [-0.2, 0) is 4.79 Å². The number of hydrogen-bond acceptors (Lipinski definition) is 6. The number of rotatable bonds is 6. The van der Waals surface area contributed by atoms with Crippen molar-refractivity contribution in [3.05, 3.63) is 59.7 Å². The van der Waals surface area contributed by atoms with Crippen LogP contribution in [0.15, 0.2) is 53.7 Å². The lowest BCUT2D eigenvalue weighted by molar-refractivity contribution is -0.113. The average molecular weight is 396 g/mol. The van der Waals surface area contributed by atoms with Crippen molar-refractivity contribution in [1.82, 2.24) is 20.2 Å². The van der Waals surface area contributed by atoms with Gasteiger partial charge in [0.25, 0.3) is 5.91 Å². The SMILES string of the molecule is CNC(=O)c1ccc(NC(=O)CSc2nnc(-c3ccc(C)cc3)n2N)cc1. The van der Waals surface area contributed by atoms with Gasteiger partial charge in [0, 0.05) is 23.9 Å². The summed E-state index contributed by atoms with van der Waals surface area (Å²) in [4.78, 5) is 23.7. The summed E-state index contributed by atoms with van der Waals surface area (Å²) in [6, 6.07) is 14.4. The molecule has 2 aromatic carbocycles. The van der Waals surface area contributed by atoms with Gasteiger partial charge in [-0.2, -0.15) is 0 Å². The molecule has 3 rings (SSSR count). The van der Waals surface area contributed by atoms with E-state index in [1.54, 1.807) is 31.3 Å². The molecule has 4 N–H and O–H groups in total. The fourth-order valence-corrected chi connectivity index (χ4v) is 3.11. The number of nitrogens with two attached hydrogens (primary N) is 1. The van der Waals surface area contributed by atoms with Crippen molar-refractivity contribution >= 4 is 29.3 Å². The summed E-state index contributed by atoms with van der Waals surface area (Å²) >= 11 is 1.19. The minimum Gasteiger partial charge on any atom is -0.355 e. The van der Waals surface area contributed by atoms with Gasteiger partial charge in [0.2, 0.25) is 11.1 Å². The first-order valence-electron chi connectivity index (χ1n) is 8.50. The van der Waals surface area contributed by atoms with E-state index in [0.717, 1.165) is 11.1 Å². The second-order valence-corrected chi connectivity index (χ2v) is 6.98. The molecule has 0 aliphatic heterocycles. The van der Waals surface area contributed by atoms with Crippen molar-refractivity contribution in [3.63, 3.8) is 0 Å². The molecule has 0 unspecified atom stereocenters. The van der Waals surface area contributed by atoms with E-state index in [0.29, 0.717) is 22.2 Å². The molecule has 1 aromatic heterocycles. The fraction of sp³-hybridized carbons (Fsp3) is 0.158. The fourth-order valence-electron chi connectivity index (χ4n) is 2.45. The van der Waals surface area contributed by atoms with Crippen LogP contribution in [0.5, 0.6) is 0 Å². The number of nitrogens with one attached hydrogen (secondary N) is 2. The van der Waals surface area contributed by atoms with E-state index < -0.39 is 0 Å². The third-order valence-electron chi connectivity index (χ3n) is 3.96. The Morgan fingerprint density at radius 2 is 1.75 bits per heavy atom. The Kier molecular flexibility index (Phi) is 5.95. The van der Waals surface area contributed by atoms with Gasteiger partial charge in [-0.05, 0) is 31.2 Å². The lowest BCUT2D eigenvalue weighted by Gasteiger charge is -2.06. The Balaban J connectivity index is 1.59. The molecule has 1 heterocycles. The van der Waals surface area contributed by atoms with Crippen LogP contribution in [-0.4, -0.2) is 39.5 Å². The monoisotopic (exact) mass is 396 g/mol. The maximum absolute atomic E-state index is 12.2. The lowest BCUT2D eigenvalue weighted by Crippen LogP contribution is -2.18. The van der Waals surface area contributed by atoms with Crippen LogP contribution >= 0.6 is 11.8 Å². The average Bonchev–Trinajstić information content (AvgIpc) is 3.07. The summed E-state index contributed by atoms with van der Waals surface area (Å²) in [5.41, 5.74) is 3.12. The number of aromatic nitrogens is 3. The van der Waals surface area contributed by atoms with E-state index in [1.165, 1.54) is 16.4 Å². The van der Waals surface area contributed by atoms with E-state index in [4.69, 9.17) is 5.84 Å². The second kappa shape index (κ2) is 8.57. The molecule has 3 aromatic rings. The molecule has 8 nitrogen and oxygen atoms in total. The Morgan fingerprint density at radius 3 is 2.39 bits per heavy atom. The van der Waals surface area contributed by atoms with Gasteiger partial charge in [0.1, 0.15) is 0 Å². The zero-order chi connectivity index (χ0) is 20.1. The van der Waals surface area contributed by atoms with Gasteiger partial charge in [-0.1, -0.05) is 41.6 Å². The number of nitrogens with zero attached hydrogens (tertiary/aromatic N) is 3. The van der Waals surface area contributed by atoms with Crippen LogP contribution in [0, 0.1) is 6.92 Å². The highest BCUT2D eigenvalue weighted by atomic mass is 32.2. The lowest BCUT2D eigenvalue weighted by atomic mass is 10.1. The zero-order valence-electron chi connectivity index (χ0n) is 15.5. The summed E-state index contributed by atoms with van der Waals surface area (Å²) < 4.78 is 1.38. The third kappa shape index (κ3) is 4.49. The first-order valence-corrected chi connectivity index (χ1v) is 9.49. The number of carbonyl (C=O) groups is 2. The highest BCUT2D eigenvalue weighted by Gasteiger charge is 2.14. The number of hydrogen-bond donors (Lipinski definition) is 3. The first-order chi connectivity index (χ1) is 13.5. The van der Waals surface area contributed by atoms with Crippen molar-refractivity contribution in [1.29, 1.82) is 0 Å². The van der Waals surface area contributed by atoms with Gasteiger partial charge in [0.15, 0.2) is 5.82 Å². The Morgan fingerprint density at radius 1 is 1.07 bits per heavy atom. The minimum atomic E-state index is -0.211. The molecule has 144 valence electrons. The molecule has 0 bridgehead atoms. The van der Waals surface area contributed by atoms with Crippen molar-refractivity contribution in [2.45, 2.75) is 12.1 Å². The highest BCUT2D eigenvalue weighted by molar-refractivity contribution is 7.99. The van der Waals surface area contributed by atoms with E-state index in [-0.39, 0.29) is 17.6 Å². The van der Waals surface area contributed by atoms with Crippen LogP contribution in [0.4, 0.5) is 5.69 Å². The van der Waals surface area contributed by atoms with E-state index in [9.17, 15) is 9.59 Å². The molecule has 0 fully saturated rings. The predicted molar refractivity (Wildman–Crippen MR) is 110 cm³/mol. The molecule has 2 amide bonds. The van der Waals surface area contributed by atoms with Gasteiger partial charge in [0.05, 0.1) is 5.75 Å². The van der Waals surface area contributed by atoms with Crippen molar-refractivity contribution in [3.8, 4) is 11.4 Å². The summed E-state index contributed by atoms with van der Waals surface area (Å²) in [6.07, 6.45) is 0. The Hall–Kier alpha value is -3.33. The Labute approximate surface area is 166 Å². The first kappa shape index (κ1) is 19.4. The van der Waals surface area contributed by atoms with Gasteiger partial charge in [-0.3, -0.25) is 9.59 Å². The van der Waals surface area contributed by atoms with Crippen molar-refractivity contribution in [2.75, 3.05) is 24.0 Å². The number of carbonyl (C=O) groups excluding carboxylic acids is 2. The van der Waals surface area contributed by atoms with E-state index in [2.05, 4.69) is 20.8 Å². The summed E-state index contributed by atoms with van der Waals surface area (Å²) in [5.74, 6) is 6.34. The molecule has 0 aliphatic carbocycles. The molecular weight excluding hydrogens is 376 g/mol. The largest absolute Gasteiger partial charge is 0.355 e. The van der Waals surface area contributed by atoms with E-state index >= 15 is 0 Å². The van der Waals surface area contributed by atoms with Crippen LogP contribution in [0.25, 0.3) is 11.4 Å². The summed E-state index contributed by atoms with van der Waals surface area (Å²) in [6.45, 7) is 2.00. The number of aryl methyl sites for hydroxylation is 1. The quantitative estimate of drug-likeness (QED) is 0.434. The highest BCUT2D eigenvalue weighted by Crippen LogP contribution is 2.22. The van der Waals surface area contributed by atoms with Crippen LogP contribution < -0.4 is 16.5 Å². The molecule has 0 atom stereocenters. The normalized spacial score (nSPS) is 10.5. The molecule has 9 heteroatoms. The molecule has 0 saturated heterocycles. The Bertz CT molecular complexity index is 983. The van der Waals surface area contributed by atoms with E-state index in [1.807, 2.05) is 31.2 Å². The number of anilines is 1. The van der Waals surface area contributed by atoms with Crippen LogP contribution in [0.1, 0.15) is 15.9 Å². The smallest absolute Gasteiger partial charge is 0.251 e. The number of thioether (sulfide) groups is 1. The second-order valence-electron chi connectivity index (χ2n) is 6.04. The standard InChI is InChI=1S/C19H20N6O2S/c1-12-3-5-13(6-4-12)17-23-24-19(25(17)20)28-11-16(26)22-15-9-7-14(8-10-15)18(27)21-2/h3-10H,11,20H2,1-2H3,(H,21,27)(H,22,26). The van der Waals surface area contributed by atoms with Crippen molar-refractivity contribution in [2.24, 2.45) is 0 Å². The van der Waals surface area contributed by atoms with Gasteiger partial charge >= 0.3 is 0 Å². The molecular formula is C19H20N6O2S.